The van der Waals surface area contributed by atoms with Crippen molar-refractivity contribution < 1.29 is 18.0 Å². The molecule has 0 unspecified atom stereocenters. The number of hydrogen-bond donors (Lipinski definition) is 1. The van der Waals surface area contributed by atoms with E-state index in [0.717, 1.165) is 5.56 Å². The number of imidazole rings is 1. The van der Waals surface area contributed by atoms with Crippen molar-refractivity contribution in [3.63, 3.8) is 0 Å². The largest absolute Gasteiger partial charge is 0.340 e. The number of carbonyl (C=O) groups excluding carboxylic acids is 2. The SMILES string of the molecule is Cc1ccc(C)c(S(=O)(=O)N2CCN(C(=O)CCC(=O)Nc3ccc(-n4ccnc4)nc3)CC2)c1. The number of rotatable bonds is 7. The Kier molecular flexibility index (Phi) is 7.27. The topological polar surface area (TPSA) is 118 Å². The summed E-state index contributed by atoms with van der Waals surface area (Å²) in [4.78, 5) is 35.1. The molecule has 3 aromatic rings. The lowest BCUT2D eigenvalue weighted by Gasteiger charge is -2.34. The lowest BCUT2D eigenvalue weighted by molar-refractivity contribution is -0.133. The first-order valence-corrected chi connectivity index (χ1v) is 12.8. The van der Waals surface area contributed by atoms with E-state index in [1.165, 1.54) is 4.31 Å². The minimum absolute atomic E-state index is 0.0309. The van der Waals surface area contributed by atoms with Gasteiger partial charge in [0.1, 0.15) is 12.1 Å². The molecule has 0 saturated carbocycles. The molecule has 1 aromatic carbocycles. The van der Waals surface area contributed by atoms with Crippen LogP contribution in [0.15, 0.2) is 60.1 Å². The number of aromatic nitrogens is 3. The zero-order valence-electron chi connectivity index (χ0n) is 19.7. The minimum atomic E-state index is -3.62. The molecule has 1 N–H and O–H groups in total. The van der Waals surface area contributed by atoms with Gasteiger partial charge in [0.25, 0.3) is 0 Å². The number of sulfonamides is 1. The zero-order chi connectivity index (χ0) is 25.0. The molecule has 1 fully saturated rings. The molecule has 0 radical (unpaired) electrons. The van der Waals surface area contributed by atoms with Gasteiger partial charge in [-0.1, -0.05) is 12.1 Å². The third kappa shape index (κ3) is 5.75. The number of piperazine rings is 1. The first kappa shape index (κ1) is 24.6. The van der Waals surface area contributed by atoms with E-state index in [-0.39, 0.29) is 37.7 Å². The molecule has 0 spiro atoms. The number of amides is 2. The number of pyridine rings is 1. The third-order valence-electron chi connectivity index (χ3n) is 5.92. The Hall–Kier alpha value is -3.57. The number of hydrogen-bond acceptors (Lipinski definition) is 6. The first-order valence-electron chi connectivity index (χ1n) is 11.3. The quantitative estimate of drug-likeness (QED) is 0.536. The van der Waals surface area contributed by atoms with Gasteiger partial charge in [-0.05, 0) is 43.2 Å². The van der Waals surface area contributed by atoms with Crippen molar-refractivity contribution in [1.29, 1.82) is 0 Å². The predicted octanol–water partition coefficient (Wildman–Crippen LogP) is 2.14. The number of nitrogens with zero attached hydrogens (tertiary/aromatic N) is 5. The van der Waals surface area contributed by atoms with Crippen LogP contribution in [0.3, 0.4) is 0 Å². The molecule has 2 amide bonds. The van der Waals surface area contributed by atoms with Crippen molar-refractivity contribution in [3.8, 4) is 5.82 Å². The molecule has 3 heterocycles. The summed E-state index contributed by atoms with van der Waals surface area (Å²) in [5.41, 5.74) is 2.12. The number of benzene rings is 1. The fourth-order valence-electron chi connectivity index (χ4n) is 3.91. The molecule has 1 saturated heterocycles. The van der Waals surface area contributed by atoms with Gasteiger partial charge in [-0.15, -0.1) is 0 Å². The average molecular weight is 497 g/mol. The van der Waals surface area contributed by atoms with Crippen LogP contribution in [0.2, 0.25) is 0 Å². The van der Waals surface area contributed by atoms with Gasteiger partial charge in [-0.2, -0.15) is 4.31 Å². The highest BCUT2D eigenvalue weighted by Crippen LogP contribution is 2.22. The van der Waals surface area contributed by atoms with E-state index in [1.807, 2.05) is 13.0 Å². The molecule has 2 aromatic heterocycles. The third-order valence-corrected chi connectivity index (χ3v) is 7.96. The summed E-state index contributed by atoms with van der Waals surface area (Å²) >= 11 is 0. The van der Waals surface area contributed by atoms with Crippen LogP contribution in [-0.4, -0.2) is 70.2 Å². The molecule has 1 aliphatic heterocycles. The predicted molar refractivity (Wildman–Crippen MR) is 130 cm³/mol. The summed E-state index contributed by atoms with van der Waals surface area (Å²) in [6.45, 7) is 4.68. The van der Waals surface area contributed by atoms with E-state index in [0.29, 0.717) is 35.1 Å². The van der Waals surface area contributed by atoms with Crippen LogP contribution >= 0.6 is 0 Å². The molecular weight excluding hydrogens is 468 g/mol. The first-order chi connectivity index (χ1) is 16.7. The van der Waals surface area contributed by atoms with Gasteiger partial charge in [-0.3, -0.25) is 14.2 Å². The minimum Gasteiger partial charge on any atom is -0.340 e. The number of aryl methyl sites for hydroxylation is 2. The second kappa shape index (κ2) is 10.4. The van der Waals surface area contributed by atoms with E-state index in [1.54, 1.807) is 65.6 Å². The maximum atomic E-state index is 13.1. The van der Waals surface area contributed by atoms with Gasteiger partial charge < -0.3 is 10.2 Å². The van der Waals surface area contributed by atoms with Gasteiger partial charge in [0.05, 0.1) is 16.8 Å². The molecule has 10 nitrogen and oxygen atoms in total. The Balaban J connectivity index is 1.25. The van der Waals surface area contributed by atoms with Crippen LogP contribution in [-0.2, 0) is 19.6 Å². The fourth-order valence-corrected chi connectivity index (χ4v) is 5.64. The van der Waals surface area contributed by atoms with Crippen molar-refractivity contribution in [2.45, 2.75) is 31.6 Å². The number of carbonyl (C=O) groups is 2. The molecule has 1 aliphatic rings. The summed E-state index contributed by atoms with van der Waals surface area (Å²) in [6, 6.07) is 8.86. The van der Waals surface area contributed by atoms with Gasteiger partial charge in [0, 0.05) is 51.4 Å². The standard InChI is InChI=1S/C24H28N6O4S/c1-18-3-4-19(2)21(15-18)35(33,34)30-13-11-28(12-14-30)24(32)8-7-23(31)27-20-5-6-22(26-16-20)29-10-9-25-17-29/h3-6,9-10,15-17H,7-8,11-14H2,1-2H3,(H,27,31). The Morgan fingerprint density at radius 3 is 2.46 bits per heavy atom. The maximum absolute atomic E-state index is 13.1. The second-order valence-corrected chi connectivity index (χ2v) is 10.4. The van der Waals surface area contributed by atoms with Crippen molar-refractivity contribution in [2.24, 2.45) is 0 Å². The van der Waals surface area contributed by atoms with Crippen LogP contribution in [0.25, 0.3) is 5.82 Å². The molecule has 0 bridgehead atoms. The molecule has 4 rings (SSSR count). The van der Waals surface area contributed by atoms with Crippen molar-refractivity contribution in [3.05, 3.63) is 66.4 Å². The van der Waals surface area contributed by atoms with E-state index < -0.39 is 10.0 Å². The zero-order valence-corrected chi connectivity index (χ0v) is 20.5. The maximum Gasteiger partial charge on any atom is 0.243 e. The normalized spacial score (nSPS) is 14.6. The number of anilines is 1. The molecule has 11 heteroatoms. The van der Waals surface area contributed by atoms with Gasteiger partial charge in [-0.25, -0.2) is 18.4 Å². The fraction of sp³-hybridized carbons (Fsp3) is 0.333. The average Bonchev–Trinajstić information content (AvgIpc) is 3.39. The molecule has 0 atom stereocenters. The summed E-state index contributed by atoms with van der Waals surface area (Å²) in [5.74, 6) is 0.221. The lowest BCUT2D eigenvalue weighted by atomic mass is 10.2. The van der Waals surface area contributed by atoms with Crippen LogP contribution in [0.1, 0.15) is 24.0 Å². The van der Waals surface area contributed by atoms with Crippen molar-refractivity contribution in [2.75, 3.05) is 31.5 Å². The summed E-state index contributed by atoms with van der Waals surface area (Å²) in [6.07, 6.45) is 6.68. The smallest absolute Gasteiger partial charge is 0.243 e. The number of nitrogens with one attached hydrogen (secondary N) is 1. The Bertz CT molecular complexity index is 1300. The van der Waals surface area contributed by atoms with E-state index in [9.17, 15) is 18.0 Å². The molecule has 0 aliphatic carbocycles. The Morgan fingerprint density at radius 2 is 1.80 bits per heavy atom. The highest BCUT2D eigenvalue weighted by molar-refractivity contribution is 7.89. The van der Waals surface area contributed by atoms with Crippen LogP contribution in [0.4, 0.5) is 5.69 Å². The summed E-state index contributed by atoms with van der Waals surface area (Å²) in [5, 5.41) is 2.74. The van der Waals surface area contributed by atoms with Crippen LogP contribution in [0.5, 0.6) is 0 Å². The van der Waals surface area contributed by atoms with E-state index in [2.05, 4.69) is 15.3 Å². The summed E-state index contributed by atoms with van der Waals surface area (Å²) < 4.78 is 29.3. The molecular formula is C24H28N6O4S. The van der Waals surface area contributed by atoms with E-state index >= 15 is 0 Å². The van der Waals surface area contributed by atoms with Gasteiger partial charge in [0.2, 0.25) is 21.8 Å². The van der Waals surface area contributed by atoms with Crippen molar-refractivity contribution in [1.82, 2.24) is 23.7 Å². The Morgan fingerprint density at radius 1 is 1.03 bits per heavy atom. The lowest BCUT2D eigenvalue weighted by Crippen LogP contribution is -2.50. The molecule has 35 heavy (non-hydrogen) atoms. The summed E-state index contributed by atoms with van der Waals surface area (Å²) in [7, 11) is -3.62. The van der Waals surface area contributed by atoms with Gasteiger partial charge in [0.15, 0.2) is 0 Å². The highest BCUT2D eigenvalue weighted by atomic mass is 32.2. The monoisotopic (exact) mass is 496 g/mol. The van der Waals surface area contributed by atoms with Gasteiger partial charge >= 0.3 is 0 Å². The van der Waals surface area contributed by atoms with Crippen molar-refractivity contribution >= 4 is 27.5 Å². The highest BCUT2D eigenvalue weighted by Gasteiger charge is 2.31. The molecule has 184 valence electrons. The van der Waals surface area contributed by atoms with Crippen LogP contribution in [0, 0.1) is 13.8 Å². The Labute approximate surface area is 204 Å². The van der Waals surface area contributed by atoms with E-state index in [4.69, 9.17) is 0 Å². The second-order valence-electron chi connectivity index (χ2n) is 8.48. The van der Waals surface area contributed by atoms with Crippen LogP contribution < -0.4 is 5.32 Å².